The van der Waals surface area contributed by atoms with E-state index in [2.05, 4.69) is 176 Å². The molecule has 0 amide bonds. The minimum atomic E-state index is 1.07. The number of fused-ring (bicyclic) bond motifs is 14. The van der Waals surface area contributed by atoms with Crippen LogP contribution in [0.1, 0.15) is 0 Å². The molecule has 5 aromatic heterocycles. The smallest absolute Gasteiger partial charge is 0.0901 e. The first-order chi connectivity index (χ1) is 28.8. The zero-order valence-electron chi connectivity index (χ0n) is 30.8. The van der Waals surface area contributed by atoms with Crippen molar-refractivity contribution in [2.24, 2.45) is 0 Å². The minimum Gasteiger partial charge on any atom is -0.254 e. The predicted molar refractivity (Wildman–Crippen MR) is 258 cm³/mol. The maximum absolute atomic E-state index is 5.50. The van der Waals surface area contributed by atoms with Crippen molar-refractivity contribution in [1.29, 1.82) is 0 Å². The Morgan fingerprint density at radius 3 is 1.40 bits per heavy atom. The normalized spacial score (nSPS) is 12.1. The highest BCUT2D eigenvalue weighted by Gasteiger charge is 2.27. The summed E-state index contributed by atoms with van der Waals surface area (Å²) >= 11 is 7.63. The first-order valence-corrected chi connectivity index (χ1v) is 22.7. The van der Waals surface area contributed by atoms with Crippen molar-refractivity contribution in [3.8, 4) is 41.8 Å². The van der Waals surface area contributed by atoms with Crippen molar-refractivity contribution in [2.75, 3.05) is 0 Å². The molecule has 0 fully saturated rings. The van der Waals surface area contributed by atoms with E-state index in [1.165, 1.54) is 120 Å². The Balaban J connectivity index is 1.25. The van der Waals surface area contributed by atoms with Gasteiger partial charge in [0.05, 0.1) is 10.4 Å². The molecule has 8 aromatic carbocycles. The van der Waals surface area contributed by atoms with Crippen molar-refractivity contribution in [2.45, 2.75) is 0 Å². The number of benzene rings is 8. The van der Waals surface area contributed by atoms with Crippen LogP contribution in [0.3, 0.4) is 0 Å². The summed E-state index contributed by atoms with van der Waals surface area (Å²) < 4.78 is 5.29. The lowest BCUT2D eigenvalue weighted by atomic mass is 9.90. The summed E-state index contributed by atoms with van der Waals surface area (Å²) in [5, 5.41) is 14.1. The van der Waals surface area contributed by atoms with Crippen LogP contribution in [0.2, 0.25) is 0 Å². The van der Waals surface area contributed by atoms with Gasteiger partial charge in [-0.3, -0.25) is 4.98 Å². The molecular weight excluding hydrogens is 779 g/mol. The number of hydrogen-bond acceptors (Lipinski definition) is 5. The Kier molecular flexibility index (Phi) is 7.16. The summed E-state index contributed by atoms with van der Waals surface area (Å²) in [6.07, 6.45) is 2.17. The van der Waals surface area contributed by atoms with Crippen molar-refractivity contribution in [1.82, 2.24) is 4.98 Å². The molecule has 0 unspecified atom stereocenters. The molecule has 0 atom stereocenters. The molecule has 5 heteroatoms. The van der Waals surface area contributed by atoms with Crippen molar-refractivity contribution < 1.29 is 0 Å². The van der Waals surface area contributed by atoms with Crippen LogP contribution in [0, 0.1) is 0 Å². The molecule has 0 aliphatic carbocycles. The van der Waals surface area contributed by atoms with E-state index < -0.39 is 0 Å². The van der Waals surface area contributed by atoms with Crippen molar-refractivity contribution >= 4 is 129 Å². The molecule has 13 aromatic rings. The van der Waals surface area contributed by atoms with E-state index in [-0.39, 0.29) is 0 Å². The topological polar surface area (TPSA) is 12.9 Å². The van der Waals surface area contributed by atoms with E-state index >= 15 is 0 Å². The van der Waals surface area contributed by atoms with E-state index in [1.54, 1.807) is 0 Å². The maximum Gasteiger partial charge on any atom is 0.0901 e. The summed E-state index contributed by atoms with van der Waals surface area (Å²) in [7, 11) is 0. The van der Waals surface area contributed by atoms with E-state index in [1.807, 2.05) is 45.3 Å². The van der Waals surface area contributed by atoms with E-state index in [0.717, 1.165) is 5.52 Å². The maximum atomic E-state index is 5.50. The second kappa shape index (κ2) is 12.6. The molecule has 0 aliphatic rings. The number of aromatic nitrogens is 1. The van der Waals surface area contributed by atoms with Crippen LogP contribution in [-0.2, 0) is 0 Å². The summed E-state index contributed by atoms with van der Waals surface area (Å²) in [5.41, 5.74) is 6.08. The molecule has 1 nitrogen and oxygen atoms in total. The fraction of sp³-hybridized carbons (Fsp3) is 0. The molecule has 0 radical (unpaired) electrons. The highest BCUT2D eigenvalue weighted by atomic mass is 32.1. The molecular formula is C53H29NS4. The average Bonchev–Trinajstić information content (AvgIpc) is 4.07. The second-order valence-electron chi connectivity index (χ2n) is 14.9. The van der Waals surface area contributed by atoms with Gasteiger partial charge in [-0.05, 0) is 34.0 Å². The third kappa shape index (κ3) is 4.64. The van der Waals surface area contributed by atoms with Gasteiger partial charge in [0.1, 0.15) is 0 Å². The molecule has 0 saturated heterocycles. The zero-order chi connectivity index (χ0) is 37.9. The molecule has 270 valence electrons. The standard InChI is InChI=1S/C53H29NS4/c1-3-15-30(16-4-1)48-45-43-40(32-19-7-8-22-35(32)44(45)52(57-48)38-25-13-23-36-33-20-9-11-27-41(33)55-50(36)38)29-54-47-46(43)49(31-17-5-2-6-18-31)58-53(47)39-26-14-24-37-34-21-10-12-28-42(34)56-51(37)39/h1-29H. The van der Waals surface area contributed by atoms with Gasteiger partial charge in [-0.1, -0.05) is 158 Å². The molecule has 0 bridgehead atoms. The summed E-state index contributed by atoms with van der Waals surface area (Å²) in [4.78, 5) is 10.6. The van der Waals surface area contributed by atoms with Crippen LogP contribution in [0.4, 0.5) is 0 Å². The lowest BCUT2D eigenvalue weighted by molar-refractivity contribution is 1.47. The van der Waals surface area contributed by atoms with Crippen LogP contribution >= 0.6 is 45.3 Å². The van der Waals surface area contributed by atoms with Crippen molar-refractivity contribution in [3.63, 3.8) is 0 Å². The minimum absolute atomic E-state index is 1.07. The molecule has 13 rings (SSSR count). The summed E-state index contributed by atoms with van der Waals surface area (Å²) in [6.45, 7) is 0. The highest BCUT2D eigenvalue weighted by molar-refractivity contribution is 7.28. The average molecular weight is 808 g/mol. The molecule has 0 N–H and O–H groups in total. The second-order valence-corrected chi connectivity index (χ2v) is 19.0. The monoisotopic (exact) mass is 807 g/mol. The Bertz CT molecular complexity index is 3790. The lowest BCUT2D eigenvalue weighted by Gasteiger charge is -2.13. The predicted octanol–water partition coefficient (Wildman–Crippen LogP) is 17.2. The van der Waals surface area contributed by atoms with Gasteiger partial charge in [0.25, 0.3) is 0 Å². The fourth-order valence-electron chi connectivity index (χ4n) is 9.24. The van der Waals surface area contributed by atoms with Crippen LogP contribution < -0.4 is 0 Å². The third-order valence-electron chi connectivity index (χ3n) is 11.7. The highest BCUT2D eigenvalue weighted by Crippen LogP contribution is 2.56. The van der Waals surface area contributed by atoms with Gasteiger partial charge in [-0.25, -0.2) is 0 Å². The number of nitrogens with zero attached hydrogens (tertiary/aromatic N) is 1. The Morgan fingerprint density at radius 1 is 0.293 bits per heavy atom. The summed E-state index contributed by atoms with van der Waals surface area (Å²) in [6, 6.07) is 62.4. The lowest BCUT2D eigenvalue weighted by Crippen LogP contribution is -1.88. The Morgan fingerprint density at radius 2 is 0.776 bits per heavy atom. The van der Waals surface area contributed by atoms with Crippen LogP contribution in [-0.4, -0.2) is 4.98 Å². The number of hydrogen-bond donors (Lipinski definition) is 0. The van der Waals surface area contributed by atoms with Gasteiger partial charge < -0.3 is 0 Å². The number of thiophene rings is 4. The van der Waals surface area contributed by atoms with E-state index in [0.29, 0.717) is 0 Å². The molecule has 0 saturated carbocycles. The third-order valence-corrected chi connectivity index (χ3v) is 16.7. The molecule has 58 heavy (non-hydrogen) atoms. The van der Waals surface area contributed by atoms with Gasteiger partial charge in [0.2, 0.25) is 0 Å². The number of rotatable bonds is 4. The molecule has 0 aliphatic heterocycles. The van der Waals surface area contributed by atoms with Gasteiger partial charge >= 0.3 is 0 Å². The first-order valence-electron chi connectivity index (χ1n) is 19.4. The Hall–Kier alpha value is -6.21. The van der Waals surface area contributed by atoms with E-state index in [9.17, 15) is 0 Å². The van der Waals surface area contributed by atoms with Gasteiger partial charge in [0, 0.05) is 99.2 Å². The molecule has 0 spiro atoms. The first kappa shape index (κ1) is 32.8. The quantitative estimate of drug-likeness (QED) is 0.161. The zero-order valence-corrected chi connectivity index (χ0v) is 34.1. The fourth-order valence-corrected chi connectivity index (χ4v) is 14.5. The van der Waals surface area contributed by atoms with Crippen LogP contribution in [0.25, 0.3) is 125 Å². The van der Waals surface area contributed by atoms with Gasteiger partial charge in [0.15, 0.2) is 0 Å². The Labute approximate surface area is 349 Å². The largest absolute Gasteiger partial charge is 0.254 e. The van der Waals surface area contributed by atoms with Crippen molar-refractivity contribution in [3.05, 3.63) is 176 Å². The van der Waals surface area contributed by atoms with Crippen LogP contribution in [0.15, 0.2) is 176 Å². The SMILES string of the molecule is c1ccc(-c2sc(-c3cccc4c3sc3ccccc34)c3ncc4c5ccccc5c5c(-c6cccc7c6sc6ccccc67)sc(-c6ccccc6)c5c4c23)cc1. The van der Waals surface area contributed by atoms with Gasteiger partial charge in [-0.2, -0.15) is 0 Å². The van der Waals surface area contributed by atoms with Gasteiger partial charge in [-0.15, -0.1) is 45.3 Å². The molecule has 5 heterocycles. The van der Waals surface area contributed by atoms with E-state index in [4.69, 9.17) is 4.98 Å². The summed E-state index contributed by atoms with van der Waals surface area (Å²) in [5.74, 6) is 0. The number of pyridine rings is 1. The van der Waals surface area contributed by atoms with Crippen LogP contribution in [0.5, 0.6) is 0 Å².